The van der Waals surface area contributed by atoms with Crippen molar-refractivity contribution in [2.75, 3.05) is 7.05 Å². The van der Waals surface area contributed by atoms with Crippen molar-refractivity contribution >= 4 is 5.91 Å². The summed E-state index contributed by atoms with van der Waals surface area (Å²) in [6.45, 7) is 0. The van der Waals surface area contributed by atoms with Crippen molar-refractivity contribution in [1.82, 2.24) is 15.6 Å². The van der Waals surface area contributed by atoms with Crippen molar-refractivity contribution < 1.29 is 4.79 Å². The minimum atomic E-state index is -0.249. The number of hydrogen-bond donors (Lipinski definition) is 3. The smallest absolute Gasteiger partial charge is 0.268 e. The lowest BCUT2D eigenvalue weighted by Crippen LogP contribution is -2.41. The Morgan fingerprint density at radius 1 is 1.22 bits per heavy atom. The normalized spacial score (nSPS) is 23.6. The molecule has 0 saturated heterocycles. The minimum absolute atomic E-state index is 0.194. The second-order valence-electron chi connectivity index (χ2n) is 4.74. The van der Waals surface area contributed by atoms with Gasteiger partial charge in [0.1, 0.15) is 5.69 Å². The molecule has 98 valence electrons. The highest BCUT2D eigenvalue weighted by Crippen LogP contribution is 2.18. The second-order valence-corrected chi connectivity index (χ2v) is 4.74. The zero-order valence-corrected chi connectivity index (χ0v) is 10.5. The Labute approximate surface area is 106 Å². The van der Waals surface area contributed by atoms with Crippen molar-refractivity contribution in [3.63, 3.8) is 0 Å². The highest BCUT2D eigenvalue weighted by molar-refractivity contribution is 5.92. The number of nitrogens with one attached hydrogen (secondary N) is 3. The first-order chi connectivity index (χ1) is 8.69. The first-order valence-corrected chi connectivity index (χ1v) is 6.36. The van der Waals surface area contributed by atoms with Crippen molar-refractivity contribution in [3.05, 3.63) is 34.2 Å². The number of H-pyrrole nitrogens is 1. The number of carbonyl (C=O) groups excluding carboxylic acids is 1. The van der Waals surface area contributed by atoms with Crippen molar-refractivity contribution in [2.24, 2.45) is 0 Å². The van der Waals surface area contributed by atoms with Crippen LogP contribution in [-0.2, 0) is 0 Å². The number of pyridine rings is 1. The second kappa shape index (κ2) is 5.82. The van der Waals surface area contributed by atoms with E-state index in [2.05, 4.69) is 15.6 Å². The van der Waals surface area contributed by atoms with E-state index >= 15 is 0 Å². The van der Waals surface area contributed by atoms with Crippen LogP contribution in [0, 0.1) is 0 Å². The molecular formula is C13H19N3O2. The molecule has 1 aliphatic rings. The third kappa shape index (κ3) is 3.20. The molecule has 0 aliphatic heterocycles. The van der Waals surface area contributed by atoms with E-state index in [0.717, 1.165) is 25.7 Å². The molecule has 3 N–H and O–H groups in total. The van der Waals surface area contributed by atoms with Crippen LogP contribution in [0.1, 0.15) is 36.2 Å². The van der Waals surface area contributed by atoms with E-state index in [1.165, 1.54) is 6.07 Å². The van der Waals surface area contributed by atoms with Crippen LogP contribution in [0.5, 0.6) is 0 Å². The molecule has 0 bridgehead atoms. The number of amides is 1. The van der Waals surface area contributed by atoms with Crippen LogP contribution in [0.25, 0.3) is 0 Å². The predicted molar refractivity (Wildman–Crippen MR) is 69.6 cm³/mol. The zero-order chi connectivity index (χ0) is 13.0. The summed E-state index contributed by atoms with van der Waals surface area (Å²) in [6, 6.07) is 5.39. The Morgan fingerprint density at radius 3 is 2.50 bits per heavy atom. The van der Waals surface area contributed by atoms with Gasteiger partial charge in [-0.3, -0.25) is 9.59 Å². The van der Waals surface area contributed by atoms with Crippen LogP contribution < -0.4 is 16.2 Å². The van der Waals surface area contributed by atoms with E-state index in [1.54, 1.807) is 12.1 Å². The van der Waals surface area contributed by atoms with Crippen LogP contribution in [0.3, 0.4) is 0 Å². The molecule has 0 atom stereocenters. The summed E-state index contributed by atoms with van der Waals surface area (Å²) >= 11 is 0. The van der Waals surface area contributed by atoms with Gasteiger partial charge in [0.15, 0.2) is 0 Å². The highest BCUT2D eigenvalue weighted by Gasteiger charge is 2.21. The van der Waals surface area contributed by atoms with E-state index < -0.39 is 0 Å². The van der Waals surface area contributed by atoms with Gasteiger partial charge in [-0.25, -0.2) is 0 Å². The predicted octanol–water partition coefficient (Wildman–Crippen LogP) is 0.635. The van der Waals surface area contributed by atoms with Crippen molar-refractivity contribution in [2.45, 2.75) is 37.8 Å². The maximum Gasteiger partial charge on any atom is 0.268 e. The monoisotopic (exact) mass is 249 g/mol. The molecule has 0 unspecified atom stereocenters. The first kappa shape index (κ1) is 12.8. The number of aromatic nitrogens is 1. The third-order valence-corrected chi connectivity index (χ3v) is 3.48. The van der Waals surface area contributed by atoms with Gasteiger partial charge in [-0.2, -0.15) is 0 Å². The summed E-state index contributed by atoms with van der Waals surface area (Å²) in [6.07, 6.45) is 4.11. The van der Waals surface area contributed by atoms with Crippen LogP contribution in [0.15, 0.2) is 23.0 Å². The molecule has 1 aliphatic carbocycles. The van der Waals surface area contributed by atoms with Crippen LogP contribution in [0.2, 0.25) is 0 Å². The number of aromatic amines is 1. The van der Waals surface area contributed by atoms with E-state index in [1.807, 2.05) is 7.05 Å². The molecular weight excluding hydrogens is 230 g/mol. The molecule has 5 heteroatoms. The summed E-state index contributed by atoms with van der Waals surface area (Å²) in [4.78, 5) is 25.6. The lowest BCUT2D eigenvalue weighted by molar-refractivity contribution is 0.0919. The van der Waals surface area contributed by atoms with Gasteiger partial charge in [-0.15, -0.1) is 0 Å². The van der Waals surface area contributed by atoms with Gasteiger partial charge in [0, 0.05) is 18.2 Å². The Balaban J connectivity index is 1.90. The zero-order valence-electron chi connectivity index (χ0n) is 10.5. The number of rotatable bonds is 3. The van der Waals surface area contributed by atoms with Crippen LogP contribution >= 0.6 is 0 Å². The van der Waals surface area contributed by atoms with Gasteiger partial charge in [-0.05, 0) is 38.8 Å². The minimum Gasteiger partial charge on any atom is -0.348 e. The third-order valence-electron chi connectivity index (χ3n) is 3.48. The van der Waals surface area contributed by atoms with E-state index in [0.29, 0.717) is 11.7 Å². The Bertz CT molecular complexity index is 461. The van der Waals surface area contributed by atoms with Crippen molar-refractivity contribution in [1.29, 1.82) is 0 Å². The average molecular weight is 249 g/mol. The van der Waals surface area contributed by atoms with E-state index in [9.17, 15) is 9.59 Å². The molecule has 0 spiro atoms. The van der Waals surface area contributed by atoms with Gasteiger partial charge in [-0.1, -0.05) is 6.07 Å². The number of hydrogen-bond acceptors (Lipinski definition) is 3. The number of carbonyl (C=O) groups is 1. The largest absolute Gasteiger partial charge is 0.348 e. The Morgan fingerprint density at radius 2 is 1.89 bits per heavy atom. The van der Waals surface area contributed by atoms with Gasteiger partial charge >= 0.3 is 0 Å². The molecule has 0 aromatic carbocycles. The summed E-state index contributed by atoms with van der Waals surface area (Å²) in [7, 11) is 1.97. The molecule has 1 aromatic rings. The average Bonchev–Trinajstić information content (AvgIpc) is 2.39. The Hall–Kier alpha value is -1.62. The standard InChI is InChI=1S/C13H19N3O2/c1-14-9-5-7-10(8-6-9)15-13(18)11-3-2-4-12(17)16-11/h2-4,9-10,14H,5-8H2,1H3,(H,15,18)(H,16,17). The SMILES string of the molecule is CNC1CCC(NC(=O)c2cccc(=O)[nH]2)CC1. The molecule has 1 fully saturated rings. The molecule has 1 aromatic heterocycles. The first-order valence-electron chi connectivity index (χ1n) is 6.36. The summed E-state index contributed by atoms with van der Waals surface area (Å²) in [5, 5.41) is 6.23. The fourth-order valence-electron chi connectivity index (χ4n) is 2.37. The van der Waals surface area contributed by atoms with Crippen LogP contribution in [-0.4, -0.2) is 30.0 Å². The quantitative estimate of drug-likeness (QED) is 0.736. The summed E-state index contributed by atoms with van der Waals surface area (Å²) < 4.78 is 0. The van der Waals surface area contributed by atoms with E-state index in [4.69, 9.17) is 0 Å². The summed E-state index contributed by atoms with van der Waals surface area (Å²) in [5.41, 5.74) is 0.0831. The molecule has 1 saturated carbocycles. The molecule has 1 heterocycles. The lowest BCUT2D eigenvalue weighted by atomic mass is 9.91. The molecule has 0 radical (unpaired) electrons. The topological polar surface area (TPSA) is 74.0 Å². The lowest BCUT2D eigenvalue weighted by Gasteiger charge is -2.28. The molecule has 2 rings (SSSR count). The van der Waals surface area contributed by atoms with Gasteiger partial charge < -0.3 is 15.6 Å². The van der Waals surface area contributed by atoms with Crippen molar-refractivity contribution in [3.8, 4) is 0 Å². The van der Waals surface area contributed by atoms with Gasteiger partial charge in [0.2, 0.25) is 5.56 Å². The van der Waals surface area contributed by atoms with Gasteiger partial charge in [0.25, 0.3) is 5.91 Å². The fourth-order valence-corrected chi connectivity index (χ4v) is 2.37. The molecule has 5 nitrogen and oxygen atoms in total. The Kier molecular flexibility index (Phi) is 4.15. The summed E-state index contributed by atoms with van der Waals surface area (Å²) in [5.74, 6) is -0.194. The maximum atomic E-state index is 11.9. The molecule has 18 heavy (non-hydrogen) atoms. The molecule has 1 amide bonds. The van der Waals surface area contributed by atoms with Crippen LogP contribution in [0.4, 0.5) is 0 Å². The van der Waals surface area contributed by atoms with Gasteiger partial charge in [0.05, 0.1) is 0 Å². The fraction of sp³-hybridized carbons (Fsp3) is 0.538. The highest BCUT2D eigenvalue weighted by atomic mass is 16.2. The van der Waals surface area contributed by atoms with E-state index in [-0.39, 0.29) is 17.5 Å². The maximum absolute atomic E-state index is 11.9.